The summed E-state index contributed by atoms with van der Waals surface area (Å²) in [6.07, 6.45) is 1.04. The van der Waals surface area contributed by atoms with Crippen molar-refractivity contribution >= 4 is 17.3 Å². The Kier molecular flexibility index (Phi) is 5.93. The van der Waals surface area contributed by atoms with Crippen molar-refractivity contribution in [1.82, 2.24) is 9.55 Å². The largest absolute Gasteiger partial charge is 0.392 e. The lowest BCUT2D eigenvalue weighted by molar-refractivity contribution is 0.281. The Labute approximate surface area is 166 Å². The van der Waals surface area contributed by atoms with Crippen molar-refractivity contribution in [2.75, 3.05) is 17.7 Å². The highest BCUT2D eigenvalue weighted by Gasteiger charge is 2.12. The summed E-state index contributed by atoms with van der Waals surface area (Å²) in [5.41, 5.74) is 3.29. The smallest absolute Gasteiger partial charge is 0.310 e. The zero-order valence-electron chi connectivity index (χ0n) is 16.4. The summed E-state index contributed by atoms with van der Waals surface area (Å²) >= 11 is 0. The Balaban J connectivity index is 2.03. The van der Waals surface area contributed by atoms with E-state index in [1.807, 2.05) is 19.9 Å². The van der Waals surface area contributed by atoms with E-state index < -0.39 is 17.2 Å². The highest BCUT2D eigenvalue weighted by Crippen LogP contribution is 2.24. The van der Waals surface area contributed by atoms with Gasteiger partial charge in [-0.2, -0.15) is 9.37 Å². The second-order valence-electron chi connectivity index (χ2n) is 6.82. The zero-order valence-corrected chi connectivity index (χ0v) is 16.4. The molecule has 0 saturated heterocycles. The molecule has 0 saturated carbocycles. The number of nitrogens with zero attached hydrogens (tertiary/aromatic N) is 2. The Morgan fingerprint density at radius 1 is 1.10 bits per heavy atom. The number of hydrogen-bond donors (Lipinski definition) is 3. The molecule has 0 aliphatic rings. The molecule has 152 valence electrons. The van der Waals surface area contributed by atoms with Gasteiger partial charge in [0.2, 0.25) is 11.8 Å². The van der Waals surface area contributed by atoms with E-state index in [1.54, 1.807) is 19.2 Å². The first-order valence-corrected chi connectivity index (χ1v) is 9.03. The van der Waals surface area contributed by atoms with Crippen LogP contribution in [-0.4, -0.2) is 21.7 Å². The number of benzene rings is 2. The van der Waals surface area contributed by atoms with Gasteiger partial charge in [-0.3, -0.25) is 4.79 Å². The van der Waals surface area contributed by atoms with E-state index in [0.29, 0.717) is 16.9 Å². The molecule has 6 nitrogen and oxygen atoms in total. The number of anilines is 3. The van der Waals surface area contributed by atoms with Crippen LogP contribution in [0.3, 0.4) is 0 Å². The van der Waals surface area contributed by atoms with Gasteiger partial charge in [0, 0.05) is 24.6 Å². The van der Waals surface area contributed by atoms with E-state index in [4.69, 9.17) is 0 Å². The van der Waals surface area contributed by atoms with E-state index in [-0.39, 0.29) is 19.1 Å². The van der Waals surface area contributed by atoms with E-state index in [9.17, 15) is 18.7 Å². The first-order valence-electron chi connectivity index (χ1n) is 9.03. The van der Waals surface area contributed by atoms with Crippen LogP contribution in [0.5, 0.6) is 0 Å². The van der Waals surface area contributed by atoms with Crippen molar-refractivity contribution in [1.29, 1.82) is 0 Å². The van der Waals surface area contributed by atoms with Crippen molar-refractivity contribution in [3.8, 4) is 0 Å². The van der Waals surface area contributed by atoms with Crippen LogP contribution in [0.15, 0.2) is 41.3 Å². The van der Waals surface area contributed by atoms with Crippen molar-refractivity contribution < 1.29 is 13.9 Å². The van der Waals surface area contributed by atoms with Crippen LogP contribution in [0.4, 0.5) is 26.1 Å². The van der Waals surface area contributed by atoms with Gasteiger partial charge in [-0.05, 0) is 60.4 Å². The average Bonchev–Trinajstić information content (AvgIpc) is 2.67. The van der Waals surface area contributed by atoms with Crippen LogP contribution in [0.1, 0.15) is 22.3 Å². The van der Waals surface area contributed by atoms with E-state index in [2.05, 4.69) is 15.6 Å². The fraction of sp³-hybridized carbons (Fsp3) is 0.238. The van der Waals surface area contributed by atoms with Gasteiger partial charge in [0.25, 0.3) is 0 Å². The van der Waals surface area contributed by atoms with Gasteiger partial charge in [-0.15, -0.1) is 0 Å². The molecule has 1 heterocycles. The molecule has 2 aromatic carbocycles. The number of aliphatic hydroxyl groups excluding tert-OH is 1. The number of rotatable bonds is 6. The van der Waals surface area contributed by atoms with Crippen LogP contribution in [0, 0.1) is 25.5 Å². The topological polar surface area (TPSA) is 79.2 Å². The molecule has 0 atom stereocenters. The summed E-state index contributed by atoms with van der Waals surface area (Å²) in [5, 5.41) is 15.4. The average molecular weight is 400 g/mol. The number of hydrogen-bond acceptors (Lipinski definition) is 5. The molecule has 3 rings (SSSR count). The molecule has 8 heteroatoms. The Bertz CT molecular complexity index is 1110. The molecule has 0 aliphatic heterocycles. The maximum Gasteiger partial charge on any atom is 0.310 e. The van der Waals surface area contributed by atoms with E-state index in [1.165, 1.54) is 16.7 Å². The minimum Gasteiger partial charge on any atom is -0.392 e. The highest BCUT2D eigenvalue weighted by atomic mass is 19.1. The fourth-order valence-corrected chi connectivity index (χ4v) is 3.09. The number of nitrogens with one attached hydrogen (secondary N) is 2. The van der Waals surface area contributed by atoms with Crippen LogP contribution in [0.25, 0.3) is 0 Å². The Hall–Kier alpha value is -3.26. The minimum atomic E-state index is -1.00. The summed E-state index contributed by atoms with van der Waals surface area (Å²) in [6.45, 7) is 3.71. The SMILES string of the molecule is CNc1cc(F)cc(Cn2cc(F)c(=O)nc2Nc2cc(CO)c(C)cc2C)c1. The Morgan fingerprint density at radius 2 is 1.86 bits per heavy atom. The molecule has 0 amide bonds. The summed E-state index contributed by atoms with van der Waals surface area (Å²) in [4.78, 5) is 15.6. The Morgan fingerprint density at radius 3 is 2.55 bits per heavy atom. The van der Waals surface area contributed by atoms with Gasteiger partial charge in [0.1, 0.15) is 5.82 Å². The lowest BCUT2D eigenvalue weighted by Crippen LogP contribution is -2.20. The monoisotopic (exact) mass is 400 g/mol. The van der Waals surface area contributed by atoms with Gasteiger partial charge in [0.05, 0.1) is 13.2 Å². The molecule has 1 aromatic heterocycles. The maximum atomic E-state index is 13.9. The van der Waals surface area contributed by atoms with Crippen molar-refractivity contribution in [3.63, 3.8) is 0 Å². The molecule has 3 N–H and O–H groups in total. The molecule has 0 aliphatic carbocycles. The van der Waals surface area contributed by atoms with E-state index in [0.717, 1.165) is 22.9 Å². The second-order valence-corrected chi connectivity index (χ2v) is 6.82. The van der Waals surface area contributed by atoms with Crippen LogP contribution in [-0.2, 0) is 13.2 Å². The zero-order chi connectivity index (χ0) is 21.1. The van der Waals surface area contributed by atoms with Gasteiger partial charge in [-0.1, -0.05) is 6.07 Å². The molecule has 0 unspecified atom stereocenters. The third-order valence-electron chi connectivity index (χ3n) is 4.65. The molecule has 0 radical (unpaired) electrons. The number of halogens is 2. The van der Waals surface area contributed by atoms with Gasteiger partial charge < -0.3 is 20.3 Å². The molecule has 3 aromatic rings. The highest BCUT2D eigenvalue weighted by molar-refractivity contribution is 5.61. The van der Waals surface area contributed by atoms with Crippen molar-refractivity contribution in [2.24, 2.45) is 0 Å². The normalized spacial score (nSPS) is 10.8. The van der Waals surface area contributed by atoms with Gasteiger partial charge in [-0.25, -0.2) is 4.39 Å². The van der Waals surface area contributed by atoms with Gasteiger partial charge in [0.15, 0.2) is 0 Å². The summed E-state index contributed by atoms with van der Waals surface area (Å²) in [6, 6.07) is 8.06. The van der Waals surface area contributed by atoms with Crippen LogP contribution >= 0.6 is 0 Å². The summed E-state index contributed by atoms with van der Waals surface area (Å²) in [5.74, 6) is -1.32. The third kappa shape index (κ3) is 4.60. The quantitative estimate of drug-likeness (QED) is 0.591. The predicted molar refractivity (Wildman–Crippen MR) is 109 cm³/mol. The summed E-state index contributed by atoms with van der Waals surface area (Å²) < 4.78 is 29.2. The molecular weight excluding hydrogens is 378 g/mol. The van der Waals surface area contributed by atoms with Gasteiger partial charge >= 0.3 is 5.56 Å². The first-order chi connectivity index (χ1) is 13.8. The lowest BCUT2D eigenvalue weighted by Gasteiger charge is -2.17. The van der Waals surface area contributed by atoms with Crippen LogP contribution < -0.4 is 16.2 Å². The molecule has 0 spiro atoms. The molecule has 0 bridgehead atoms. The molecule has 0 fully saturated rings. The maximum absolute atomic E-state index is 13.9. The second kappa shape index (κ2) is 8.40. The lowest BCUT2D eigenvalue weighted by atomic mass is 10.0. The van der Waals surface area contributed by atoms with E-state index >= 15 is 0 Å². The summed E-state index contributed by atoms with van der Waals surface area (Å²) in [7, 11) is 1.67. The molecule has 29 heavy (non-hydrogen) atoms. The van der Waals surface area contributed by atoms with Crippen molar-refractivity contribution in [3.05, 3.63) is 80.8 Å². The fourth-order valence-electron chi connectivity index (χ4n) is 3.09. The minimum absolute atomic E-state index is 0.0940. The predicted octanol–water partition coefficient (Wildman–Crippen LogP) is 3.46. The number of aryl methyl sites for hydroxylation is 2. The standard InChI is InChI=1S/C21H22F2N4O2/c1-12-4-13(2)19(7-15(12)11-28)25-21-26-20(29)18(23)10-27(21)9-14-5-16(22)8-17(6-14)24-3/h4-8,10,24,28H,9,11H2,1-3H3,(H,25,26,29). The number of aromatic nitrogens is 2. The molecular formula is C21H22F2N4O2. The number of aliphatic hydroxyl groups is 1. The van der Waals surface area contributed by atoms with Crippen LogP contribution in [0.2, 0.25) is 0 Å². The first kappa shape index (κ1) is 20.5. The third-order valence-corrected chi connectivity index (χ3v) is 4.65. The van der Waals surface area contributed by atoms with Crippen molar-refractivity contribution in [2.45, 2.75) is 27.0 Å².